The van der Waals surface area contributed by atoms with Gasteiger partial charge in [-0.15, -0.1) is 11.3 Å². The van der Waals surface area contributed by atoms with Crippen LogP contribution in [0.15, 0.2) is 48.5 Å². The third-order valence-electron chi connectivity index (χ3n) is 4.57. The van der Waals surface area contributed by atoms with Gasteiger partial charge in [-0.05, 0) is 38.2 Å². The van der Waals surface area contributed by atoms with Crippen LogP contribution in [0.2, 0.25) is 0 Å². The Kier molecular flexibility index (Phi) is 3.86. The summed E-state index contributed by atoms with van der Waals surface area (Å²) in [6.07, 6.45) is 0. The molecule has 25 heavy (non-hydrogen) atoms. The maximum atomic E-state index is 12.3. The lowest BCUT2D eigenvalue weighted by atomic mass is 10.1. The molecule has 0 unspecified atom stereocenters. The number of hydrogen-bond acceptors (Lipinski definition) is 5. The predicted octanol–water partition coefficient (Wildman–Crippen LogP) is 3.48. The Hall–Kier alpha value is -2.57. The van der Waals surface area contributed by atoms with Crippen LogP contribution in [0.1, 0.15) is 28.3 Å². The van der Waals surface area contributed by atoms with Crippen molar-refractivity contribution >= 4 is 38.9 Å². The summed E-state index contributed by atoms with van der Waals surface area (Å²) >= 11 is 1.66. The van der Waals surface area contributed by atoms with E-state index in [1.54, 1.807) is 28.4 Å². The second kappa shape index (κ2) is 6.06. The number of hydrogen-bond donors (Lipinski definition) is 0. The smallest absolute Gasteiger partial charge is 0.291 e. The largest absolute Gasteiger partial charge is 0.300 e. The van der Waals surface area contributed by atoms with Crippen molar-refractivity contribution in [3.05, 3.63) is 59.1 Å². The molecule has 1 atom stereocenters. The van der Waals surface area contributed by atoms with Crippen molar-refractivity contribution in [1.29, 1.82) is 0 Å². The molecule has 4 rings (SSSR count). The van der Waals surface area contributed by atoms with Gasteiger partial charge in [0.25, 0.3) is 5.78 Å². The number of ketones is 1. The van der Waals surface area contributed by atoms with E-state index in [1.165, 1.54) is 0 Å². The minimum atomic E-state index is -0.468. The Morgan fingerprint density at radius 1 is 1.12 bits per heavy atom. The molecule has 0 N–H and O–H groups in total. The lowest BCUT2D eigenvalue weighted by Gasteiger charge is -2.28. The number of thiazole rings is 1. The number of benzene rings is 2. The summed E-state index contributed by atoms with van der Waals surface area (Å²) in [4.78, 5) is 32.7. The van der Waals surface area contributed by atoms with E-state index in [0.717, 1.165) is 15.2 Å². The van der Waals surface area contributed by atoms with E-state index in [4.69, 9.17) is 4.98 Å². The van der Waals surface area contributed by atoms with E-state index >= 15 is 0 Å². The first-order valence-corrected chi connectivity index (χ1v) is 8.89. The van der Waals surface area contributed by atoms with E-state index in [0.29, 0.717) is 17.9 Å². The summed E-state index contributed by atoms with van der Waals surface area (Å²) in [6, 6.07) is 15.2. The molecule has 2 heterocycles. The van der Waals surface area contributed by atoms with Crippen LogP contribution >= 0.6 is 11.3 Å². The number of rotatable bonds is 4. The highest BCUT2D eigenvalue weighted by atomic mass is 32.1. The van der Waals surface area contributed by atoms with E-state index in [1.807, 2.05) is 42.3 Å². The zero-order valence-corrected chi connectivity index (χ0v) is 14.8. The average molecular weight is 351 g/mol. The first-order chi connectivity index (χ1) is 12.1. The highest BCUT2D eigenvalue weighted by molar-refractivity contribution is 7.18. The topological polar surface area (TPSA) is 53.5 Å². The molecule has 0 spiro atoms. The van der Waals surface area contributed by atoms with Crippen LogP contribution in [-0.4, -0.2) is 35.3 Å². The standard InChI is InChI=1S/C19H17N3O2S/c1-12(18-20-14-8-4-6-10-16(14)25-18)21(2)11-22-15-9-5-3-7-13(15)17(23)19(22)24/h3-10,12H,11H2,1-2H3/t12-/m1/s1. The maximum Gasteiger partial charge on any atom is 0.300 e. The van der Waals surface area contributed by atoms with Crippen molar-refractivity contribution in [1.82, 2.24) is 9.88 Å². The molecule has 126 valence electrons. The van der Waals surface area contributed by atoms with Gasteiger partial charge in [-0.25, -0.2) is 4.98 Å². The minimum Gasteiger partial charge on any atom is -0.291 e. The van der Waals surface area contributed by atoms with Gasteiger partial charge in [0, 0.05) is 0 Å². The fourth-order valence-electron chi connectivity index (χ4n) is 2.99. The number of carbonyl (C=O) groups is 2. The Labute approximate surface area is 149 Å². The summed E-state index contributed by atoms with van der Waals surface area (Å²) in [5, 5.41) is 0.995. The molecule has 2 aromatic carbocycles. The Morgan fingerprint density at radius 2 is 1.84 bits per heavy atom. The van der Waals surface area contributed by atoms with Gasteiger partial charge in [0.1, 0.15) is 5.01 Å². The number of nitrogens with zero attached hydrogens (tertiary/aromatic N) is 3. The molecule has 5 nitrogen and oxygen atoms in total. The van der Waals surface area contributed by atoms with Crippen molar-refractivity contribution in [2.45, 2.75) is 13.0 Å². The molecular weight excluding hydrogens is 334 g/mol. The minimum absolute atomic E-state index is 0.0352. The van der Waals surface area contributed by atoms with Gasteiger partial charge in [-0.2, -0.15) is 0 Å². The molecule has 1 amide bonds. The molecule has 0 radical (unpaired) electrons. The van der Waals surface area contributed by atoms with Crippen LogP contribution in [0.25, 0.3) is 10.2 Å². The van der Waals surface area contributed by atoms with Crippen molar-refractivity contribution in [2.75, 3.05) is 18.6 Å². The first kappa shape index (κ1) is 15.9. The van der Waals surface area contributed by atoms with Crippen LogP contribution in [0.3, 0.4) is 0 Å². The van der Waals surface area contributed by atoms with Gasteiger partial charge >= 0.3 is 5.91 Å². The van der Waals surface area contributed by atoms with E-state index in [2.05, 4.69) is 13.0 Å². The second-order valence-corrected chi connectivity index (χ2v) is 7.24. The molecule has 0 bridgehead atoms. The zero-order valence-electron chi connectivity index (χ0n) is 14.0. The first-order valence-electron chi connectivity index (χ1n) is 8.07. The average Bonchev–Trinajstić information content (AvgIpc) is 3.17. The Morgan fingerprint density at radius 3 is 2.64 bits per heavy atom. The molecule has 0 aliphatic carbocycles. The number of fused-ring (bicyclic) bond motifs is 2. The number of anilines is 1. The van der Waals surface area contributed by atoms with Gasteiger partial charge in [0.05, 0.1) is 34.2 Å². The molecule has 6 heteroatoms. The van der Waals surface area contributed by atoms with E-state index in [9.17, 15) is 9.59 Å². The number of amides is 1. The molecule has 1 aliphatic heterocycles. The maximum absolute atomic E-state index is 12.3. The lowest BCUT2D eigenvalue weighted by molar-refractivity contribution is -0.114. The molecule has 3 aromatic rings. The van der Waals surface area contributed by atoms with Gasteiger partial charge in [-0.1, -0.05) is 24.3 Å². The number of para-hydroxylation sites is 2. The number of aromatic nitrogens is 1. The fourth-order valence-corrected chi connectivity index (χ4v) is 4.08. The summed E-state index contributed by atoms with van der Waals surface area (Å²) in [5.41, 5.74) is 2.15. The molecule has 1 aromatic heterocycles. The summed E-state index contributed by atoms with van der Waals surface area (Å²) in [7, 11) is 1.94. The Bertz CT molecular complexity index is 948. The molecule has 0 saturated heterocycles. The highest BCUT2D eigenvalue weighted by Gasteiger charge is 2.36. The van der Waals surface area contributed by atoms with Crippen LogP contribution in [0.5, 0.6) is 0 Å². The molecular formula is C19H17N3O2S. The van der Waals surface area contributed by atoms with E-state index < -0.39 is 11.7 Å². The molecule has 0 fully saturated rings. The van der Waals surface area contributed by atoms with Gasteiger partial charge in [0.2, 0.25) is 0 Å². The van der Waals surface area contributed by atoms with Crippen LogP contribution in [-0.2, 0) is 4.79 Å². The quantitative estimate of drug-likeness (QED) is 0.676. The zero-order chi connectivity index (χ0) is 17.6. The molecule has 1 aliphatic rings. The van der Waals surface area contributed by atoms with Crippen molar-refractivity contribution in [3.8, 4) is 0 Å². The third-order valence-corrected chi connectivity index (χ3v) is 5.78. The summed E-state index contributed by atoms with van der Waals surface area (Å²) in [6.45, 7) is 2.41. The van der Waals surface area contributed by atoms with Crippen LogP contribution in [0, 0.1) is 0 Å². The Balaban J connectivity index is 1.58. The van der Waals surface area contributed by atoms with Gasteiger partial charge < -0.3 is 0 Å². The number of Topliss-reactive ketones (excluding diaryl/α,β-unsaturated/α-hetero) is 1. The summed E-state index contributed by atoms with van der Waals surface area (Å²) < 4.78 is 1.15. The predicted molar refractivity (Wildman–Crippen MR) is 98.9 cm³/mol. The molecule has 0 saturated carbocycles. The third kappa shape index (κ3) is 2.63. The van der Waals surface area contributed by atoms with Crippen molar-refractivity contribution < 1.29 is 9.59 Å². The van der Waals surface area contributed by atoms with Crippen molar-refractivity contribution in [3.63, 3.8) is 0 Å². The lowest BCUT2D eigenvalue weighted by Crippen LogP contribution is -2.40. The normalized spacial score (nSPS) is 15.2. The highest BCUT2D eigenvalue weighted by Crippen LogP contribution is 2.32. The second-order valence-electron chi connectivity index (χ2n) is 6.17. The van der Waals surface area contributed by atoms with Crippen molar-refractivity contribution in [2.24, 2.45) is 0 Å². The summed E-state index contributed by atoms with van der Waals surface area (Å²) in [5.74, 6) is -0.902. The van der Waals surface area contributed by atoms with E-state index in [-0.39, 0.29) is 6.04 Å². The fraction of sp³-hybridized carbons (Fsp3) is 0.211. The monoisotopic (exact) mass is 351 g/mol. The number of carbonyl (C=O) groups excluding carboxylic acids is 2. The van der Waals surface area contributed by atoms with Gasteiger partial charge in [0.15, 0.2) is 0 Å². The van der Waals surface area contributed by atoms with Crippen LogP contribution < -0.4 is 4.90 Å². The van der Waals surface area contributed by atoms with Crippen LogP contribution in [0.4, 0.5) is 5.69 Å². The van der Waals surface area contributed by atoms with Gasteiger partial charge in [-0.3, -0.25) is 19.4 Å². The SMILES string of the molecule is C[C@H](c1nc2ccccc2s1)N(C)CN1C(=O)C(=O)c2ccccc21.